The molecule has 7 heteroatoms. The molecule has 1 unspecified atom stereocenters. The molecule has 0 amide bonds. The highest BCUT2D eigenvalue weighted by Gasteiger charge is 2.17. The van der Waals surface area contributed by atoms with Crippen LogP contribution in [0.1, 0.15) is 11.7 Å². The molecule has 24 heavy (non-hydrogen) atoms. The largest absolute Gasteiger partial charge is 0.387 e. The van der Waals surface area contributed by atoms with Gasteiger partial charge in [0.2, 0.25) is 0 Å². The van der Waals surface area contributed by atoms with E-state index in [2.05, 4.69) is 13.2 Å². The lowest BCUT2D eigenvalue weighted by Crippen LogP contribution is -2.54. The van der Waals surface area contributed by atoms with Gasteiger partial charge in [0.05, 0.1) is 25.7 Å². The number of rotatable bonds is 7. The highest BCUT2D eigenvalue weighted by molar-refractivity contribution is 5.17. The second kappa shape index (κ2) is 7.56. The van der Waals surface area contributed by atoms with Crippen LogP contribution >= 0.6 is 0 Å². The second-order valence-corrected chi connectivity index (χ2v) is 5.18. The van der Waals surface area contributed by atoms with E-state index in [1.54, 1.807) is 30.3 Å². The summed E-state index contributed by atoms with van der Waals surface area (Å²) in [6, 6.07) is 8.67. The summed E-state index contributed by atoms with van der Waals surface area (Å²) >= 11 is 0. The molecule has 0 aliphatic rings. The van der Waals surface area contributed by atoms with Gasteiger partial charge in [-0.15, -0.1) is 13.2 Å². The molecule has 0 fully saturated rings. The molecule has 1 atom stereocenters. The lowest BCUT2D eigenvalue weighted by atomic mass is 10.1. The standard InChI is InChI=1S/C17H19N3O4/c1-3-10-18-15(22)19(11-4-2)17(24)20(16(18)23)12-14(21)13-8-6-5-7-9-13/h3-9,14,21H,1-2,10-12H2. The van der Waals surface area contributed by atoms with Gasteiger partial charge in [-0.25, -0.2) is 28.1 Å². The van der Waals surface area contributed by atoms with E-state index in [4.69, 9.17) is 0 Å². The Balaban J connectivity index is 2.58. The monoisotopic (exact) mass is 329 g/mol. The second-order valence-electron chi connectivity index (χ2n) is 5.18. The Bertz CT molecular complexity index is 858. The maximum atomic E-state index is 12.5. The molecule has 0 saturated heterocycles. The fraction of sp³-hybridized carbons (Fsp3) is 0.235. The average molecular weight is 329 g/mol. The molecule has 0 spiro atoms. The van der Waals surface area contributed by atoms with Crippen LogP contribution in [0.5, 0.6) is 0 Å². The third kappa shape index (κ3) is 3.36. The fourth-order valence-corrected chi connectivity index (χ4v) is 2.36. The zero-order valence-electron chi connectivity index (χ0n) is 13.2. The predicted octanol–water partition coefficient (Wildman–Crippen LogP) is 0.277. The average Bonchev–Trinajstić information content (AvgIpc) is 2.60. The van der Waals surface area contributed by atoms with Crippen molar-refractivity contribution in [3.05, 3.63) is 92.7 Å². The van der Waals surface area contributed by atoms with Crippen LogP contribution in [0.2, 0.25) is 0 Å². The van der Waals surface area contributed by atoms with Crippen molar-refractivity contribution in [3.63, 3.8) is 0 Å². The summed E-state index contributed by atoms with van der Waals surface area (Å²) in [5.74, 6) is 0. The summed E-state index contributed by atoms with van der Waals surface area (Å²) < 4.78 is 2.65. The highest BCUT2D eigenvalue weighted by atomic mass is 16.3. The summed E-state index contributed by atoms with van der Waals surface area (Å²) in [5, 5.41) is 10.3. The van der Waals surface area contributed by atoms with Crippen molar-refractivity contribution < 1.29 is 5.11 Å². The number of aliphatic hydroxyl groups is 1. The molecular weight excluding hydrogens is 310 g/mol. The molecule has 0 radical (unpaired) electrons. The van der Waals surface area contributed by atoms with Crippen molar-refractivity contribution in [1.29, 1.82) is 0 Å². The number of hydrogen-bond donors (Lipinski definition) is 1. The van der Waals surface area contributed by atoms with Crippen molar-refractivity contribution in [2.45, 2.75) is 25.7 Å². The Hall–Kier alpha value is -2.93. The zero-order chi connectivity index (χ0) is 17.7. The van der Waals surface area contributed by atoms with Gasteiger partial charge < -0.3 is 5.11 Å². The first kappa shape index (κ1) is 17.4. The molecule has 1 N–H and O–H groups in total. The third-order valence-electron chi connectivity index (χ3n) is 3.55. The maximum Gasteiger partial charge on any atom is 0.336 e. The highest BCUT2D eigenvalue weighted by Crippen LogP contribution is 2.12. The van der Waals surface area contributed by atoms with Crippen molar-refractivity contribution in [3.8, 4) is 0 Å². The first-order valence-electron chi connectivity index (χ1n) is 7.40. The predicted molar refractivity (Wildman–Crippen MR) is 91.0 cm³/mol. The van der Waals surface area contributed by atoms with Crippen LogP contribution < -0.4 is 17.1 Å². The Morgan fingerprint density at radius 3 is 1.79 bits per heavy atom. The lowest BCUT2D eigenvalue weighted by Gasteiger charge is -2.15. The normalized spacial score (nSPS) is 11.9. The van der Waals surface area contributed by atoms with E-state index < -0.39 is 23.2 Å². The number of aromatic nitrogens is 3. The summed E-state index contributed by atoms with van der Waals surface area (Å²) in [7, 11) is 0. The minimum absolute atomic E-state index is 0.0312. The molecule has 0 bridgehead atoms. The number of hydrogen-bond acceptors (Lipinski definition) is 4. The molecule has 1 aromatic heterocycles. The van der Waals surface area contributed by atoms with Crippen LogP contribution in [0.4, 0.5) is 0 Å². The summed E-state index contributed by atoms with van der Waals surface area (Å²) in [6.45, 7) is 6.70. The third-order valence-corrected chi connectivity index (χ3v) is 3.55. The smallest absolute Gasteiger partial charge is 0.336 e. The van der Waals surface area contributed by atoms with Gasteiger partial charge in [-0.3, -0.25) is 0 Å². The zero-order valence-corrected chi connectivity index (χ0v) is 13.2. The van der Waals surface area contributed by atoms with E-state index in [1.165, 1.54) is 12.2 Å². The minimum atomic E-state index is -1.05. The van der Waals surface area contributed by atoms with E-state index in [0.29, 0.717) is 5.56 Å². The van der Waals surface area contributed by atoms with Gasteiger partial charge in [0, 0.05) is 0 Å². The summed E-state index contributed by atoms with van der Waals surface area (Å²) in [6.07, 6.45) is 1.73. The Kier molecular flexibility index (Phi) is 5.49. The number of nitrogens with zero attached hydrogens (tertiary/aromatic N) is 3. The Labute approximate surface area is 138 Å². The van der Waals surface area contributed by atoms with Gasteiger partial charge in [0.1, 0.15) is 0 Å². The number of benzene rings is 1. The van der Waals surface area contributed by atoms with Crippen molar-refractivity contribution in [2.75, 3.05) is 0 Å². The van der Waals surface area contributed by atoms with E-state index in [9.17, 15) is 19.5 Å². The van der Waals surface area contributed by atoms with E-state index in [-0.39, 0.29) is 19.6 Å². The molecule has 2 aromatic rings. The van der Waals surface area contributed by atoms with E-state index in [0.717, 1.165) is 13.7 Å². The first-order valence-corrected chi connectivity index (χ1v) is 7.40. The molecule has 2 rings (SSSR count). The van der Waals surface area contributed by atoms with Gasteiger partial charge in [-0.05, 0) is 5.56 Å². The van der Waals surface area contributed by atoms with Gasteiger partial charge in [0.15, 0.2) is 0 Å². The SMILES string of the molecule is C=CCn1c(=O)n(CC=C)c(=O)n(CC(O)c2ccccc2)c1=O. The van der Waals surface area contributed by atoms with Gasteiger partial charge in [-0.2, -0.15) is 0 Å². The minimum Gasteiger partial charge on any atom is -0.387 e. The number of aliphatic hydroxyl groups excluding tert-OH is 1. The Morgan fingerprint density at radius 1 is 0.875 bits per heavy atom. The van der Waals surface area contributed by atoms with Crippen LogP contribution in [-0.2, 0) is 19.6 Å². The first-order chi connectivity index (χ1) is 11.5. The van der Waals surface area contributed by atoms with Crippen molar-refractivity contribution >= 4 is 0 Å². The Morgan fingerprint density at radius 2 is 1.33 bits per heavy atom. The van der Waals surface area contributed by atoms with Crippen molar-refractivity contribution in [2.24, 2.45) is 0 Å². The summed E-state index contributed by atoms with van der Waals surface area (Å²) in [4.78, 5) is 37.2. The molecule has 1 heterocycles. The molecule has 0 aliphatic heterocycles. The molecular formula is C17H19N3O4. The van der Waals surface area contributed by atoms with E-state index >= 15 is 0 Å². The summed E-state index contributed by atoms with van der Waals surface area (Å²) in [5.41, 5.74) is -1.71. The van der Waals surface area contributed by atoms with Crippen molar-refractivity contribution in [1.82, 2.24) is 13.7 Å². The molecule has 7 nitrogen and oxygen atoms in total. The number of allylic oxidation sites excluding steroid dienone is 2. The lowest BCUT2D eigenvalue weighted by molar-refractivity contribution is 0.150. The topological polar surface area (TPSA) is 86.2 Å². The quantitative estimate of drug-likeness (QED) is 0.739. The molecule has 126 valence electrons. The van der Waals surface area contributed by atoms with Gasteiger partial charge >= 0.3 is 17.1 Å². The van der Waals surface area contributed by atoms with Crippen LogP contribution in [0.3, 0.4) is 0 Å². The van der Waals surface area contributed by atoms with Crippen LogP contribution in [0, 0.1) is 0 Å². The maximum absolute atomic E-state index is 12.5. The molecule has 0 aliphatic carbocycles. The van der Waals surface area contributed by atoms with Gasteiger partial charge in [0.25, 0.3) is 0 Å². The van der Waals surface area contributed by atoms with Crippen LogP contribution in [-0.4, -0.2) is 18.8 Å². The molecule has 0 saturated carbocycles. The van der Waals surface area contributed by atoms with Gasteiger partial charge in [-0.1, -0.05) is 42.5 Å². The van der Waals surface area contributed by atoms with E-state index in [1.807, 2.05) is 0 Å². The fourth-order valence-electron chi connectivity index (χ4n) is 2.36. The van der Waals surface area contributed by atoms with Crippen LogP contribution in [0.15, 0.2) is 70.0 Å². The van der Waals surface area contributed by atoms with Crippen LogP contribution in [0.25, 0.3) is 0 Å². The molecule has 1 aromatic carbocycles.